The van der Waals surface area contributed by atoms with Gasteiger partial charge in [-0.1, -0.05) is 37.6 Å². The number of nitrogens with zero attached hydrogens (tertiary/aromatic N) is 5. The minimum Gasteiger partial charge on any atom is -0.340 e. The Balaban J connectivity index is 1.41. The average Bonchev–Trinajstić information content (AvgIpc) is 3.40. The number of aromatic nitrogens is 3. The molecule has 7 heteroatoms. The first-order chi connectivity index (χ1) is 18.1. The van der Waals surface area contributed by atoms with Gasteiger partial charge in [0.25, 0.3) is 0 Å². The van der Waals surface area contributed by atoms with Gasteiger partial charge in [0.2, 0.25) is 5.91 Å². The second-order valence-corrected chi connectivity index (χ2v) is 13.0. The van der Waals surface area contributed by atoms with Gasteiger partial charge in [0.05, 0.1) is 6.54 Å². The van der Waals surface area contributed by atoms with Gasteiger partial charge in [0, 0.05) is 43.3 Å². The number of likely N-dealkylation sites (N-methyl/N-ethyl adjacent to an activating group) is 1. The van der Waals surface area contributed by atoms with Crippen LogP contribution in [-0.4, -0.2) is 70.0 Å². The van der Waals surface area contributed by atoms with E-state index in [2.05, 4.69) is 50.5 Å². The topological polar surface area (TPSA) is 71.3 Å². The first-order valence-corrected chi connectivity index (χ1v) is 14.6. The van der Waals surface area contributed by atoms with Gasteiger partial charge in [0.1, 0.15) is 17.4 Å². The number of Topliss-reactive ketones (excluding diaryl/α,β-unsaturated/α-hetero) is 1. The van der Waals surface area contributed by atoms with Crippen molar-refractivity contribution >= 4 is 11.7 Å². The molecular formula is C31H45N5O2. The second-order valence-electron chi connectivity index (χ2n) is 13.0. The van der Waals surface area contributed by atoms with Gasteiger partial charge >= 0.3 is 0 Å². The third-order valence-electron chi connectivity index (χ3n) is 8.80. The molecule has 2 saturated carbocycles. The van der Waals surface area contributed by atoms with Crippen LogP contribution in [0.2, 0.25) is 0 Å². The van der Waals surface area contributed by atoms with Crippen LogP contribution < -0.4 is 0 Å². The standard InChI is InChI=1S/C31H45N5O2/c1-19(2)11-22-13-24(14-22)30-32-33-31(36(30)25-9-10-25)27-17-35(29(38)18-34(5)6)16-26(27)28(37)15-23-8-7-20(3)12-21(23)4/h7-8,12,19,22,24-27H,9-11,13-18H2,1-6H3/t22?,24?,26-,27-/m0/s1. The van der Waals surface area contributed by atoms with E-state index in [9.17, 15) is 9.59 Å². The summed E-state index contributed by atoms with van der Waals surface area (Å²) in [6, 6.07) is 6.75. The second kappa shape index (κ2) is 10.9. The molecule has 1 aromatic carbocycles. The lowest BCUT2D eigenvalue weighted by atomic mass is 9.71. The van der Waals surface area contributed by atoms with Gasteiger partial charge in [-0.3, -0.25) is 9.59 Å². The predicted molar refractivity (Wildman–Crippen MR) is 149 cm³/mol. The van der Waals surface area contributed by atoms with E-state index in [1.807, 2.05) is 23.9 Å². The van der Waals surface area contributed by atoms with Gasteiger partial charge in [0.15, 0.2) is 0 Å². The monoisotopic (exact) mass is 519 g/mol. The van der Waals surface area contributed by atoms with Crippen molar-refractivity contribution in [2.24, 2.45) is 17.8 Å². The Morgan fingerprint density at radius 3 is 2.39 bits per heavy atom. The largest absolute Gasteiger partial charge is 0.340 e. The molecular weight excluding hydrogens is 474 g/mol. The summed E-state index contributed by atoms with van der Waals surface area (Å²) in [5, 5.41) is 9.55. The molecule has 7 nitrogen and oxygen atoms in total. The van der Waals surface area contributed by atoms with Gasteiger partial charge in [-0.05, 0) is 83.0 Å². The quantitative estimate of drug-likeness (QED) is 0.456. The highest BCUT2D eigenvalue weighted by molar-refractivity contribution is 5.87. The molecule has 2 aromatic rings. The number of likely N-dealkylation sites (tertiary alicyclic amines) is 1. The highest BCUT2D eigenvalue weighted by Crippen LogP contribution is 2.48. The number of ketones is 1. The average molecular weight is 520 g/mol. The number of carbonyl (C=O) groups excluding carboxylic acids is 2. The number of benzene rings is 1. The Bertz CT molecular complexity index is 1170. The summed E-state index contributed by atoms with van der Waals surface area (Å²) in [4.78, 5) is 30.8. The Hall–Kier alpha value is -2.54. The predicted octanol–water partition coefficient (Wildman–Crippen LogP) is 4.68. The summed E-state index contributed by atoms with van der Waals surface area (Å²) in [5.41, 5.74) is 3.43. The zero-order chi connectivity index (χ0) is 27.1. The molecule has 2 aliphatic carbocycles. The maximum atomic E-state index is 13.9. The van der Waals surface area contributed by atoms with E-state index in [1.54, 1.807) is 0 Å². The molecule has 1 amide bonds. The molecule has 0 bridgehead atoms. The molecule has 1 aliphatic heterocycles. The molecule has 3 fully saturated rings. The van der Waals surface area contributed by atoms with Gasteiger partial charge in [-0.15, -0.1) is 10.2 Å². The molecule has 0 radical (unpaired) electrons. The van der Waals surface area contributed by atoms with Crippen molar-refractivity contribution in [3.8, 4) is 0 Å². The molecule has 0 N–H and O–H groups in total. The van der Waals surface area contributed by atoms with Gasteiger partial charge in [-0.25, -0.2) is 0 Å². The number of rotatable bonds is 10. The fourth-order valence-electron chi connectivity index (χ4n) is 6.69. The van der Waals surface area contributed by atoms with Crippen LogP contribution >= 0.6 is 0 Å². The van der Waals surface area contributed by atoms with Gasteiger partial charge in [-0.2, -0.15) is 0 Å². The highest BCUT2D eigenvalue weighted by Gasteiger charge is 2.46. The fraction of sp³-hybridized carbons (Fsp3) is 0.677. The summed E-state index contributed by atoms with van der Waals surface area (Å²) in [7, 11) is 3.82. The van der Waals surface area contributed by atoms with Crippen molar-refractivity contribution in [1.82, 2.24) is 24.6 Å². The Morgan fingerprint density at radius 2 is 1.76 bits per heavy atom. The molecule has 206 valence electrons. The van der Waals surface area contributed by atoms with Crippen LogP contribution in [0, 0.1) is 31.6 Å². The van der Waals surface area contributed by atoms with Crippen LogP contribution in [0.4, 0.5) is 0 Å². The summed E-state index contributed by atoms with van der Waals surface area (Å²) >= 11 is 0. The summed E-state index contributed by atoms with van der Waals surface area (Å²) < 4.78 is 2.40. The SMILES string of the molecule is Cc1ccc(CC(=O)[C@H]2CN(C(=O)CN(C)C)C[C@@H]2c2nnc(C3CC(CC(C)C)C3)n2C2CC2)c(C)c1. The van der Waals surface area contributed by atoms with E-state index >= 15 is 0 Å². The van der Waals surface area contributed by atoms with Crippen molar-refractivity contribution in [2.75, 3.05) is 33.7 Å². The van der Waals surface area contributed by atoms with Crippen LogP contribution in [0.25, 0.3) is 0 Å². The molecule has 2 heterocycles. The number of carbonyl (C=O) groups is 2. The minimum atomic E-state index is -0.258. The number of amides is 1. The maximum Gasteiger partial charge on any atom is 0.236 e. The molecule has 0 spiro atoms. The molecule has 1 saturated heterocycles. The summed E-state index contributed by atoms with van der Waals surface area (Å²) in [5.74, 6) is 3.97. The van der Waals surface area contributed by atoms with Crippen LogP contribution in [0.15, 0.2) is 18.2 Å². The third kappa shape index (κ3) is 5.73. The first kappa shape index (κ1) is 27.0. The van der Waals surface area contributed by atoms with E-state index in [1.165, 1.54) is 24.8 Å². The van der Waals surface area contributed by atoms with Crippen LogP contribution in [0.1, 0.15) is 92.2 Å². The normalized spacial score (nSPS) is 25.3. The molecule has 2 atom stereocenters. The zero-order valence-electron chi connectivity index (χ0n) is 24.1. The van der Waals surface area contributed by atoms with Crippen molar-refractivity contribution in [3.05, 3.63) is 46.5 Å². The van der Waals surface area contributed by atoms with Crippen molar-refractivity contribution < 1.29 is 9.59 Å². The summed E-state index contributed by atoms with van der Waals surface area (Å²) in [6.45, 7) is 10.1. The van der Waals surface area contributed by atoms with E-state index in [-0.39, 0.29) is 23.5 Å². The lowest BCUT2D eigenvalue weighted by Crippen LogP contribution is -2.37. The van der Waals surface area contributed by atoms with Crippen LogP contribution in [-0.2, 0) is 16.0 Å². The number of hydrogen-bond donors (Lipinski definition) is 0. The van der Waals surface area contributed by atoms with E-state index in [0.717, 1.165) is 47.5 Å². The molecule has 3 aliphatic rings. The third-order valence-corrected chi connectivity index (χ3v) is 8.80. The fourth-order valence-corrected chi connectivity index (χ4v) is 6.69. The highest BCUT2D eigenvalue weighted by atomic mass is 16.2. The molecule has 38 heavy (non-hydrogen) atoms. The Labute approximate surface area is 228 Å². The van der Waals surface area contributed by atoms with Gasteiger partial charge < -0.3 is 14.4 Å². The lowest BCUT2D eigenvalue weighted by Gasteiger charge is -2.36. The first-order valence-electron chi connectivity index (χ1n) is 14.6. The van der Waals surface area contributed by atoms with Crippen molar-refractivity contribution in [1.29, 1.82) is 0 Å². The Kier molecular flexibility index (Phi) is 7.77. The molecule has 0 unspecified atom stereocenters. The van der Waals surface area contributed by atoms with Crippen molar-refractivity contribution in [2.45, 2.75) is 84.1 Å². The van der Waals surface area contributed by atoms with E-state index in [0.29, 0.717) is 38.0 Å². The van der Waals surface area contributed by atoms with Crippen molar-refractivity contribution in [3.63, 3.8) is 0 Å². The molecule has 5 rings (SSSR count). The smallest absolute Gasteiger partial charge is 0.236 e. The zero-order valence-corrected chi connectivity index (χ0v) is 24.1. The molecule has 1 aromatic heterocycles. The van der Waals surface area contributed by atoms with Crippen LogP contribution in [0.5, 0.6) is 0 Å². The number of hydrogen-bond acceptors (Lipinski definition) is 5. The minimum absolute atomic E-state index is 0.0787. The maximum absolute atomic E-state index is 13.9. The lowest BCUT2D eigenvalue weighted by molar-refractivity contribution is -0.131. The van der Waals surface area contributed by atoms with Crippen LogP contribution in [0.3, 0.4) is 0 Å². The number of aryl methyl sites for hydroxylation is 2. The Morgan fingerprint density at radius 1 is 1.05 bits per heavy atom. The van der Waals surface area contributed by atoms with E-state index < -0.39 is 0 Å². The van der Waals surface area contributed by atoms with E-state index in [4.69, 9.17) is 10.2 Å². The summed E-state index contributed by atoms with van der Waals surface area (Å²) in [6.07, 6.45) is 6.36.